The lowest BCUT2D eigenvalue weighted by atomic mass is 9.90. The summed E-state index contributed by atoms with van der Waals surface area (Å²) >= 11 is 0. The van der Waals surface area contributed by atoms with E-state index in [0.29, 0.717) is 31.6 Å². The highest BCUT2D eigenvalue weighted by Crippen LogP contribution is 2.32. The van der Waals surface area contributed by atoms with Crippen molar-refractivity contribution in [2.24, 2.45) is 0 Å². The number of urea groups is 1. The molecule has 1 aliphatic heterocycles. The molecular formula is C21H30N4O5S. The van der Waals surface area contributed by atoms with Gasteiger partial charge in [0.25, 0.3) is 5.91 Å². The molecule has 3 rings (SSSR count). The number of hydrogen-bond acceptors (Lipinski definition) is 5. The standard InChI is InChI=1S/C21H30N4O5S/c1-3-24(4-2)31(29,30)17-11-9-16(10-12-17)22-18(26)15-25-19(27)21(23-20(25)28)13-7-5-6-8-14-21/h9-12H,3-8,13-15H2,1-2H3,(H,22,26)(H,23,28). The van der Waals surface area contributed by atoms with Crippen molar-refractivity contribution in [1.82, 2.24) is 14.5 Å². The molecule has 1 saturated heterocycles. The highest BCUT2D eigenvalue weighted by atomic mass is 32.2. The zero-order valence-corrected chi connectivity index (χ0v) is 18.8. The Morgan fingerprint density at radius 3 is 2.19 bits per heavy atom. The van der Waals surface area contributed by atoms with Gasteiger partial charge in [0, 0.05) is 18.8 Å². The first-order valence-electron chi connectivity index (χ1n) is 10.8. The molecule has 4 amide bonds. The third-order valence-electron chi connectivity index (χ3n) is 5.99. The lowest BCUT2D eigenvalue weighted by molar-refractivity contribution is -0.134. The number of imide groups is 1. The first kappa shape index (κ1) is 23.2. The highest BCUT2D eigenvalue weighted by Gasteiger charge is 2.51. The number of benzene rings is 1. The van der Waals surface area contributed by atoms with Crippen molar-refractivity contribution in [3.8, 4) is 0 Å². The zero-order valence-electron chi connectivity index (χ0n) is 18.0. The Hall–Kier alpha value is -2.46. The molecule has 1 heterocycles. The molecule has 2 aliphatic rings. The Kier molecular flexibility index (Phi) is 7.00. The fraction of sp³-hybridized carbons (Fsp3) is 0.571. The molecular weight excluding hydrogens is 420 g/mol. The van der Waals surface area contributed by atoms with E-state index in [1.165, 1.54) is 28.6 Å². The molecule has 31 heavy (non-hydrogen) atoms. The number of sulfonamides is 1. The fourth-order valence-electron chi connectivity index (χ4n) is 4.26. The molecule has 9 nitrogen and oxygen atoms in total. The second-order valence-corrected chi connectivity index (χ2v) is 9.92. The van der Waals surface area contributed by atoms with Crippen LogP contribution in [0.3, 0.4) is 0 Å². The summed E-state index contributed by atoms with van der Waals surface area (Å²) in [5.74, 6) is -0.858. The average molecular weight is 451 g/mol. The molecule has 1 aliphatic carbocycles. The van der Waals surface area contributed by atoms with Crippen LogP contribution in [0.25, 0.3) is 0 Å². The summed E-state index contributed by atoms with van der Waals surface area (Å²) in [7, 11) is -3.58. The van der Waals surface area contributed by atoms with E-state index in [1.54, 1.807) is 13.8 Å². The average Bonchev–Trinajstić information content (AvgIpc) is 2.89. The summed E-state index contributed by atoms with van der Waals surface area (Å²) in [6.07, 6.45) is 5.00. The summed E-state index contributed by atoms with van der Waals surface area (Å²) < 4.78 is 26.5. The van der Waals surface area contributed by atoms with Crippen molar-refractivity contribution in [3.63, 3.8) is 0 Å². The van der Waals surface area contributed by atoms with Gasteiger partial charge >= 0.3 is 6.03 Å². The molecule has 2 N–H and O–H groups in total. The molecule has 0 atom stereocenters. The summed E-state index contributed by atoms with van der Waals surface area (Å²) in [4.78, 5) is 38.9. The van der Waals surface area contributed by atoms with Crippen LogP contribution < -0.4 is 10.6 Å². The van der Waals surface area contributed by atoms with Crippen molar-refractivity contribution in [3.05, 3.63) is 24.3 Å². The first-order chi connectivity index (χ1) is 14.7. The predicted octanol–water partition coefficient (Wildman–Crippen LogP) is 2.30. The van der Waals surface area contributed by atoms with Crippen LogP contribution >= 0.6 is 0 Å². The number of amides is 4. The molecule has 2 fully saturated rings. The van der Waals surface area contributed by atoms with Gasteiger partial charge < -0.3 is 10.6 Å². The monoisotopic (exact) mass is 450 g/mol. The van der Waals surface area contributed by atoms with Gasteiger partial charge in [0.1, 0.15) is 12.1 Å². The van der Waals surface area contributed by atoms with Crippen LogP contribution in [0.2, 0.25) is 0 Å². The number of rotatable bonds is 7. The molecule has 0 bridgehead atoms. The fourth-order valence-corrected chi connectivity index (χ4v) is 5.72. The lowest BCUT2D eigenvalue weighted by Crippen LogP contribution is -2.47. The van der Waals surface area contributed by atoms with Crippen LogP contribution in [-0.4, -0.2) is 60.6 Å². The maximum absolute atomic E-state index is 12.9. The molecule has 1 spiro atoms. The van der Waals surface area contributed by atoms with E-state index < -0.39 is 27.5 Å². The van der Waals surface area contributed by atoms with E-state index in [1.807, 2.05) is 0 Å². The smallest absolute Gasteiger partial charge is 0.325 e. The molecule has 10 heteroatoms. The molecule has 0 aromatic heterocycles. The largest absolute Gasteiger partial charge is 0.325 e. The lowest BCUT2D eigenvalue weighted by Gasteiger charge is -2.24. The Morgan fingerprint density at radius 2 is 1.65 bits per heavy atom. The van der Waals surface area contributed by atoms with Crippen LogP contribution in [0.4, 0.5) is 10.5 Å². The van der Waals surface area contributed by atoms with E-state index in [2.05, 4.69) is 10.6 Å². The minimum absolute atomic E-state index is 0.138. The Morgan fingerprint density at radius 1 is 1.06 bits per heavy atom. The molecule has 170 valence electrons. The second kappa shape index (κ2) is 9.35. The highest BCUT2D eigenvalue weighted by molar-refractivity contribution is 7.89. The van der Waals surface area contributed by atoms with Crippen molar-refractivity contribution in [2.45, 2.75) is 62.8 Å². The quantitative estimate of drug-likeness (QED) is 0.619. The normalized spacial score (nSPS) is 18.9. The number of nitrogens with one attached hydrogen (secondary N) is 2. The Labute approximate surface area is 183 Å². The Balaban J connectivity index is 1.64. The van der Waals surface area contributed by atoms with Crippen LogP contribution in [0, 0.1) is 0 Å². The maximum Gasteiger partial charge on any atom is 0.325 e. The number of anilines is 1. The second-order valence-electron chi connectivity index (χ2n) is 7.98. The van der Waals surface area contributed by atoms with Gasteiger partial charge in [-0.2, -0.15) is 4.31 Å². The van der Waals surface area contributed by atoms with Crippen LogP contribution in [0.15, 0.2) is 29.2 Å². The maximum atomic E-state index is 12.9. The summed E-state index contributed by atoms with van der Waals surface area (Å²) in [5.41, 5.74) is -0.492. The summed E-state index contributed by atoms with van der Waals surface area (Å²) in [5, 5.41) is 5.44. The summed E-state index contributed by atoms with van der Waals surface area (Å²) in [6, 6.07) is 5.30. The van der Waals surface area contributed by atoms with Crippen molar-refractivity contribution in [1.29, 1.82) is 0 Å². The SMILES string of the molecule is CCN(CC)S(=O)(=O)c1ccc(NC(=O)CN2C(=O)NC3(CCCCCC3)C2=O)cc1. The van der Waals surface area contributed by atoms with Crippen molar-refractivity contribution < 1.29 is 22.8 Å². The van der Waals surface area contributed by atoms with Gasteiger partial charge in [-0.25, -0.2) is 13.2 Å². The number of hydrogen-bond donors (Lipinski definition) is 2. The van der Waals surface area contributed by atoms with E-state index in [0.717, 1.165) is 30.6 Å². The van der Waals surface area contributed by atoms with Crippen molar-refractivity contribution in [2.75, 3.05) is 25.0 Å². The van der Waals surface area contributed by atoms with Gasteiger partial charge in [0.05, 0.1) is 4.90 Å². The molecule has 0 unspecified atom stereocenters. The topological polar surface area (TPSA) is 116 Å². The minimum atomic E-state index is -3.58. The third kappa shape index (κ3) is 4.74. The number of carbonyl (C=O) groups is 3. The first-order valence-corrected chi connectivity index (χ1v) is 12.2. The molecule has 1 aromatic carbocycles. The van der Waals surface area contributed by atoms with Gasteiger partial charge in [0.15, 0.2) is 0 Å². The van der Waals surface area contributed by atoms with Gasteiger partial charge in [-0.15, -0.1) is 0 Å². The van der Waals surface area contributed by atoms with Crippen LogP contribution in [0.1, 0.15) is 52.4 Å². The van der Waals surface area contributed by atoms with Crippen LogP contribution in [-0.2, 0) is 19.6 Å². The van der Waals surface area contributed by atoms with E-state index >= 15 is 0 Å². The zero-order chi connectivity index (χ0) is 22.6. The van der Waals surface area contributed by atoms with Gasteiger partial charge in [-0.3, -0.25) is 14.5 Å². The van der Waals surface area contributed by atoms with Crippen LogP contribution in [0.5, 0.6) is 0 Å². The van der Waals surface area contributed by atoms with E-state index in [4.69, 9.17) is 0 Å². The predicted molar refractivity (Wildman–Crippen MR) is 116 cm³/mol. The van der Waals surface area contributed by atoms with Gasteiger partial charge in [-0.05, 0) is 37.1 Å². The number of carbonyl (C=O) groups excluding carboxylic acids is 3. The Bertz CT molecular complexity index is 933. The summed E-state index contributed by atoms with van der Waals surface area (Å²) in [6.45, 7) is 3.89. The van der Waals surface area contributed by atoms with E-state index in [-0.39, 0.29) is 17.3 Å². The number of nitrogens with zero attached hydrogens (tertiary/aromatic N) is 2. The van der Waals surface area contributed by atoms with Crippen molar-refractivity contribution >= 4 is 33.6 Å². The minimum Gasteiger partial charge on any atom is -0.325 e. The van der Waals surface area contributed by atoms with E-state index in [9.17, 15) is 22.8 Å². The molecule has 1 saturated carbocycles. The van der Waals surface area contributed by atoms with Gasteiger partial charge in [-0.1, -0.05) is 39.5 Å². The van der Waals surface area contributed by atoms with Gasteiger partial charge in [0.2, 0.25) is 15.9 Å². The molecule has 0 radical (unpaired) electrons. The molecule has 1 aromatic rings. The third-order valence-corrected chi connectivity index (χ3v) is 8.05.